The van der Waals surface area contributed by atoms with Crippen molar-refractivity contribution in [1.29, 1.82) is 0 Å². The van der Waals surface area contributed by atoms with Gasteiger partial charge in [-0.1, -0.05) is 0 Å². The lowest BCUT2D eigenvalue weighted by atomic mass is 10.00. The predicted molar refractivity (Wildman–Crippen MR) is 74.9 cm³/mol. The molecule has 1 fully saturated rings. The van der Waals surface area contributed by atoms with Crippen LogP contribution in [0.5, 0.6) is 0 Å². The molecule has 21 heavy (non-hydrogen) atoms. The van der Waals surface area contributed by atoms with Gasteiger partial charge in [0.05, 0.1) is 6.61 Å². The van der Waals surface area contributed by atoms with Crippen molar-refractivity contribution < 1.29 is 24.2 Å². The molecule has 8 heteroatoms. The summed E-state index contributed by atoms with van der Waals surface area (Å²) in [7, 11) is 3.01. The normalized spacial score (nSPS) is 21.2. The summed E-state index contributed by atoms with van der Waals surface area (Å²) >= 11 is 0. The number of carbonyl (C=O) groups is 3. The molecular formula is C13H23N3O5. The largest absolute Gasteiger partial charge is 0.480 e. The zero-order valence-corrected chi connectivity index (χ0v) is 12.7. The lowest BCUT2D eigenvalue weighted by Gasteiger charge is -2.34. The number of carboxylic acid groups (broad SMARTS) is 1. The Balaban J connectivity index is 2.58. The summed E-state index contributed by atoms with van der Waals surface area (Å²) in [6.07, 6.45) is 1.06. The quantitative estimate of drug-likeness (QED) is 0.659. The Bertz CT molecular complexity index is 415. The van der Waals surface area contributed by atoms with E-state index >= 15 is 0 Å². The van der Waals surface area contributed by atoms with E-state index in [2.05, 4.69) is 5.32 Å². The highest BCUT2D eigenvalue weighted by Crippen LogP contribution is 2.30. The van der Waals surface area contributed by atoms with Crippen LogP contribution in [-0.4, -0.2) is 78.8 Å². The summed E-state index contributed by atoms with van der Waals surface area (Å²) < 4.78 is 4.81. The number of hydrogen-bond acceptors (Lipinski definition) is 4. The summed E-state index contributed by atoms with van der Waals surface area (Å²) in [5.41, 5.74) is -1.20. The first kappa shape index (κ1) is 17.2. The van der Waals surface area contributed by atoms with Gasteiger partial charge in [0.25, 0.3) is 0 Å². The topological polar surface area (TPSA) is 99.2 Å². The first-order valence-electron chi connectivity index (χ1n) is 6.84. The van der Waals surface area contributed by atoms with Crippen LogP contribution in [0.15, 0.2) is 0 Å². The highest BCUT2D eigenvalue weighted by atomic mass is 16.5. The third kappa shape index (κ3) is 4.07. The van der Waals surface area contributed by atoms with Crippen molar-refractivity contribution in [2.45, 2.75) is 25.3 Å². The van der Waals surface area contributed by atoms with Crippen LogP contribution in [0.2, 0.25) is 0 Å². The fourth-order valence-corrected chi connectivity index (χ4v) is 2.33. The number of carbonyl (C=O) groups excluding carboxylic acids is 2. The number of rotatable bonds is 6. The second-order valence-electron chi connectivity index (χ2n) is 5.32. The first-order chi connectivity index (χ1) is 9.82. The maximum Gasteiger partial charge on any atom is 0.329 e. The molecule has 1 rings (SSSR count). The maximum absolute atomic E-state index is 12.3. The molecule has 0 spiro atoms. The number of ether oxygens (including phenoxy) is 1. The molecule has 120 valence electrons. The molecule has 1 saturated heterocycles. The lowest BCUT2D eigenvalue weighted by Crippen LogP contribution is -2.55. The number of nitrogens with zero attached hydrogens (tertiary/aromatic N) is 2. The number of methoxy groups -OCH3 is 1. The van der Waals surface area contributed by atoms with E-state index in [1.165, 1.54) is 30.9 Å². The zero-order chi connectivity index (χ0) is 16.0. The molecule has 1 aliphatic rings. The first-order valence-corrected chi connectivity index (χ1v) is 6.84. The molecule has 1 unspecified atom stereocenters. The molecule has 0 radical (unpaired) electrons. The molecule has 2 N–H and O–H groups in total. The molecular weight excluding hydrogens is 278 g/mol. The summed E-state index contributed by atoms with van der Waals surface area (Å²) in [5.74, 6) is -1.33. The molecule has 0 aromatic rings. The average Bonchev–Trinajstić information content (AvgIpc) is 2.81. The van der Waals surface area contributed by atoms with Crippen LogP contribution < -0.4 is 5.32 Å². The van der Waals surface area contributed by atoms with Crippen LogP contribution in [0.1, 0.15) is 19.8 Å². The van der Waals surface area contributed by atoms with Crippen LogP contribution >= 0.6 is 0 Å². The summed E-state index contributed by atoms with van der Waals surface area (Å²) in [5, 5.41) is 11.9. The average molecular weight is 301 g/mol. The van der Waals surface area contributed by atoms with Crippen molar-refractivity contribution in [3.8, 4) is 0 Å². The Morgan fingerprint density at radius 2 is 2.10 bits per heavy atom. The third-order valence-electron chi connectivity index (χ3n) is 3.67. The molecule has 0 aromatic carbocycles. The fraction of sp³-hybridized carbons (Fsp3) is 0.769. The van der Waals surface area contributed by atoms with Crippen LogP contribution in [0.4, 0.5) is 4.79 Å². The highest BCUT2D eigenvalue weighted by molar-refractivity contribution is 5.89. The number of urea groups is 1. The van der Waals surface area contributed by atoms with Crippen molar-refractivity contribution in [3.63, 3.8) is 0 Å². The molecule has 0 aliphatic carbocycles. The van der Waals surface area contributed by atoms with Gasteiger partial charge in [-0.25, -0.2) is 9.59 Å². The van der Waals surface area contributed by atoms with Crippen LogP contribution in [0, 0.1) is 0 Å². The molecule has 1 aliphatic heterocycles. The molecule has 0 aromatic heterocycles. The summed E-state index contributed by atoms with van der Waals surface area (Å²) in [6.45, 7) is 2.57. The van der Waals surface area contributed by atoms with Crippen molar-refractivity contribution >= 4 is 17.9 Å². The van der Waals surface area contributed by atoms with Gasteiger partial charge in [0.2, 0.25) is 5.91 Å². The van der Waals surface area contributed by atoms with Crippen molar-refractivity contribution in [2.24, 2.45) is 0 Å². The van der Waals surface area contributed by atoms with E-state index in [0.29, 0.717) is 32.5 Å². The standard InChI is InChI=1S/C13H23N3O5/c1-13(11(18)19)5-4-7-16(13)12(20)15(2)9-10(17)14-6-8-21-3/h4-9H2,1-3H3,(H,14,17)(H,18,19). The Kier molecular flexibility index (Phi) is 5.95. The second-order valence-corrected chi connectivity index (χ2v) is 5.32. The zero-order valence-electron chi connectivity index (χ0n) is 12.7. The predicted octanol–water partition coefficient (Wildman–Crippen LogP) is -0.260. The Labute approximate surface area is 124 Å². The molecule has 8 nitrogen and oxygen atoms in total. The number of aliphatic carboxylic acids is 1. The van der Waals surface area contributed by atoms with Crippen LogP contribution in [0.25, 0.3) is 0 Å². The molecule has 1 heterocycles. The smallest absolute Gasteiger partial charge is 0.329 e. The van der Waals surface area contributed by atoms with Crippen molar-refractivity contribution in [2.75, 3.05) is 40.4 Å². The van der Waals surface area contributed by atoms with Crippen LogP contribution in [0.3, 0.4) is 0 Å². The number of carboxylic acids is 1. The van der Waals surface area contributed by atoms with E-state index < -0.39 is 17.5 Å². The Morgan fingerprint density at radius 1 is 1.43 bits per heavy atom. The van der Waals surface area contributed by atoms with Gasteiger partial charge in [0.15, 0.2) is 0 Å². The van der Waals surface area contributed by atoms with E-state index in [0.717, 1.165) is 0 Å². The second kappa shape index (κ2) is 7.26. The number of amides is 3. The van der Waals surface area contributed by atoms with Gasteiger partial charge in [0, 0.05) is 27.2 Å². The lowest BCUT2D eigenvalue weighted by molar-refractivity contribution is -0.147. The number of likely N-dealkylation sites (tertiary alicyclic amines) is 1. The minimum atomic E-state index is -1.20. The SMILES string of the molecule is COCCNC(=O)CN(C)C(=O)N1CCCC1(C)C(=O)O. The van der Waals surface area contributed by atoms with Crippen molar-refractivity contribution in [1.82, 2.24) is 15.1 Å². The number of nitrogens with one attached hydrogen (secondary N) is 1. The van der Waals surface area contributed by atoms with E-state index in [1.54, 1.807) is 0 Å². The highest BCUT2D eigenvalue weighted by Gasteiger charge is 2.46. The van der Waals surface area contributed by atoms with Gasteiger partial charge in [-0.3, -0.25) is 4.79 Å². The van der Waals surface area contributed by atoms with E-state index in [9.17, 15) is 19.5 Å². The van der Waals surface area contributed by atoms with E-state index in [-0.39, 0.29) is 12.5 Å². The van der Waals surface area contributed by atoms with Crippen LogP contribution in [-0.2, 0) is 14.3 Å². The molecule has 0 saturated carbocycles. The van der Waals surface area contributed by atoms with E-state index in [4.69, 9.17) is 4.74 Å². The van der Waals surface area contributed by atoms with Gasteiger partial charge in [-0.15, -0.1) is 0 Å². The maximum atomic E-state index is 12.3. The third-order valence-corrected chi connectivity index (χ3v) is 3.67. The van der Waals surface area contributed by atoms with Crippen molar-refractivity contribution in [3.05, 3.63) is 0 Å². The number of hydrogen-bond donors (Lipinski definition) is 2. The Morgan fingerprint density at radius 3 is 2.67 bits per heavy atom. The fourth-order valence-electron chi connectivity index (χ4n) is 2.33. The number of likely N-dealkylation sites (N-methyl/N-ethyl adjacent to an activating group) is 1. The molecule has 3 amide bonds. The van der Waals surface area contributed by atoms with E-state index in [1.807, 2.05) is 0 Å². The molecule has 0 bridgehead atoms. The van der Waals surface area contributed by atoms with Gasteiger partial charge in [-0.2, -0.15) is 0 Å². The molecule has 1 atom stereocenters. The minimum Gasteiger partial charge on any atom is -0.480 e. The Hall–Kier alpha value is -1.83. The summed E-state index contributed by atoms with van der Waals surface area (Å²) in [6, 6.07) is -0.445. The van der Waals surface area contributed by atoms with Gasteiger partial charge >= 0.3 is 12.0 Å². The van der Waals surface area contributed by atoms with Gasteiger partial charge in [-0.05, 0) is 19.8 Å². The summed E-state index contributed by atoms with van der Waals surface area (Å²) in [4.78, 5) is 37.9. The van der Waals surface area contributed by atoms with Gasteiger partial charge in [0.1, 0.15) is 12.1 Å². The minimum absolute atomic E-state index is 0.116. The van der Waals surface area contributed by atoms with Gasteiger partial charge < -0.3 is 25.0 Å². The monoisotopic (exact) mass is 301 g/mol.